The summed E-state index contributed by atoms with van der Waals surface area (Å²) in [5.41, 5.74) is 0.517. The van der Waals surface area contributed by atoms with E-state index in [-0.39, 0.29) is 11.7 Å². The minimum Gasteiger partial charge on any atom is -0.508 e. The number of fused-ring (bicyclic) bond motifs is 1. The lowest BCUT2D eigenvalue weighted by Gasteiger charge is -2.05. The molecular weight excluding hydrogens is 288 g/mol. The van der Waals surface area contributed by atoms with Crippen LogP contribution in [0.5, 0.6) is 17.2 Å². The first-order valence-corrected chi connectivity index (χ1v) is 7.12. The molecule has 0 aliphatic carbocycles. The van der Waals surface area contributed by atoms with E-state index in [1.807, 2.05) is 11.4 Å². The van der Waals surface area contributed by atoms with Gasteiger partial charge in [0, 0.05) is 15.5 Å². The number of methoxy groups -OCH3 is 1. The quantitative estimate of drug-likeness (QED) is 0.737. The summed E-state index contributed by atoms with van der Waals surface area (Å²) in [4.78, 5) is 11.5. The first-order valence-electron chi connectivity index (χ1n) is 6.24. The van der Waals surface area contributed by atoms with E-state index in [1.165, 1.54) is 18.4 Å². The molecule has 5 heteroatoms. The van der Waals surface area contributed by atoms with Crippen molar-refractivity contribution in [1.29, 1.82) is 0 Å². The summed E-state index contributed by atoms with van der Waals surface area (Å²) < 4.78 is 11.5. The molecule has 0 atom stereocenters. The van der Waals surface area contributed by atoms with Gasteiger partial charge >= 0.3 is 5.97 Å². The van der Waals surface area contributed by atoms with Crippen LogP contribution in [-0.2, 0) is 4.74 Å². The summed E-state index contributed by atoms with van der Waals surface area (Å²) in [6.07, 6.45) is 0. The largest absolute Gasteiger partial charge is 0.508 e. The number of aromatic hydroxyl groups is 1. The first-order chi connectivity index (χ1) is 10.2. The zero-order valence-electron chi connectivity index (χ0n) is 11.2. The average molecular weight is 300 g/mol. The summed E-state index contributed by atoms with van der Waals surface area (Å²) in [6, 6.07) is 11.9. The highest BCUT2D eigenvalue weighted by molar-refractivity contribution is 7.17. The van der Waals surface area contributed by atoms with Crippen LogP contribution in [0.1, 0.15) is 10.4 Å². The molecule has 0 aliphatic rings. The van der Waals surface area contributed by atoms with Gasteiger partial charge in [0.15, 0.2) is 0 Å². The van der Waals surface area contributed by atoms with E-state index in [1.54, 1.807) is 36.4 Å². The third-order valence-electron chi connectivity index (χ3n) is 3.03. The Labute approximate surface area is 125 Å². The van der Waals surface area contributed by atoms with Crippen molar-refractivity contribution in [2.24, 2.45) is 0 Å². The fraction of sp³-hybridized carbons (Fsp3) is 0.0625. The van der Waals surface area contributed by atoms with Crippen LogP contribution in [0.15, 0.2) is 47.8 Å². The Kier molecular flexibility index (Phi) is 3.50. The molecule has 21 heavy (non-hydrogen) atoms. The number of carbonyl (C=O) groups is 1. The summed E-state index contributed by atoms with van der Waals surface area (Å²) in [5, 5.41) is 12.1. The Hall–Kier alpha value is -2.53. The van der Waals surface area contributed by atoms with Gasteiger partial charge in [0.2, 0.25) is 0 Å². The fourth-order valence-electron chi connectivity index (χ4n) is 1.97. The Morgan fingerprint density at radius 2 is 1.90 bits per heavy atom. The van der Waals surface area contributed by atoms with Crippen LogP contribution >= 0.6 is 11.3 Å². The first kappa shape index (κ1) is 13.5. The molecule has 0 amide bonds. The van der Waals surface area contributed by atoms with Gasteiger partial charge < -0.3 is 14.6 Å². The molecule has 0 saturated heterocycles. The second-order valence-corrected chi connectivity index (χ2v) is 5.31. The van der Waals surface area contributed by atoms with E-state index >= 15 is 0 Å². The highest BCUT2D eigenvalue weighted by atomic mass is 32.1. The molecule has 0 bridgehead atoms. The lowest BCUT2D eigenvalue weighted by Crippen LogP contribution is -1.99. The molecule has 106 valence electrons. The third kappa shape index (κ3) is 2.68. The van der Waals surface area contributed by atoms with Gasteiger partial charge in [-0.25, -0.2) is 4.79 Å². The molecule has 4 nitrogen and oxygen atoms in total. The molecule has 1 heterocycles. The molecule has 3 aromatic rings. The van der Waals surface area contributed by atoms with Crippen LogP contribution < -0.4 is 4.74 Å². The summed E-state index contributed by atoms with van der Waals surface area (Å²) in [5.74, 6) is 1.20. The minimum absolute atomic E-state index is 0.195. The predicted molar refractivity (Wildman–Crippen MR) is 81.3 cm³/mol. The zero-order chi connectivity index (χ0) is 14.8. The molecule has 2 aromatic carbocycles. The highest BCUT2D eigenvalue weighted by Crippen LogP contribution is 2.36. The van der Waals surface area contributed by atoms with Crippen molar-refractivity contribution in [1.82, 2.24) is 0 Å². The van der Waals surface area contributed by atoms with Gasteiger partial charge in [-0.05, 0) is 42.5 Å². The van der Waals surface area contributed by atoms with Crippen LogP contribution in [0.2, 0.25) is 0 Å². The van der Waals surface area contributed by atoms with Crippen LogP contribution in [0, 0.1) is 0 Å². The fourth-order valence-corrected chi connectivity index (χ4v) is 2.87. The minimum atomic E-state index is -0.355. The zero-order valence-corrected chi connectivity index (χ0v) is 12.0. The molecule has 0 unspecified atom stereocenters. The molecule has 0 aliphatic heterocycles. The van der Waals surface area contributed by atoms with Gasteiger partial charge in [-0.1, -0.05) is 0 Å². The van der Waals surface area contributed by atoms with E-state index < -0.39 is 0 Å². The van der Waals surface area contributed by atoms with Gasteiger partial charge in [-0.15, -0.1) is 11.3 Å². The smallest absolute Gasteiger partial charge is 0.337 e. The maximum atomic E-state index is 11.5. The molecule has 3 rings (SSSR count). The van der Waals surface area contributed by atoms with Crippen LogP contribution in [-0.4, -0.2) is 18.2 Å². The van der Waals surface area contributed by atoms with Gasteiger partial charge in [0.1, 0.15) is 17.2 Å². The van der Waals surface area contributed by atoms with E-state index in [4.69, 9.17) is 9.47 Å². The van der Waals surface area contributed by atoms with E-state index in [0.717, 1.165) is 15.8 Å². The standard InChI is InChI=1S/C16H12O4S/c1-19-16(18)10-2-7-13-14(9-21-15(13)8-10)20-12-5-3-11(17)4-6-12/h2-9,17H,1H3. The number of esters is 1. The van der Waals surface area contributed by atoms with E-state index in [0.29, 0.717) is 11.3 Å². The maximum absolute atomic E-state index is 11.5. The molecule has 0 radical (unpaired) electrons. The average Bonchev–Trinajstić information content (AvgIpc) is 2.91. The summed E-state index contributed by atoms with van der Waals surface area (Å²) in [7, 11) is 1.36. The number of carbonyl (C=O) groups excluding carboxylic acids is 1. The lowest BCUT2D eigenvalue weighted by atomic mass is 10.2. The maximum Gasteiger partial charge on any atom is 0.337 e. The Bertz CT molecular complexity index is 790. The second kappa shape index (κ2) is 5.46. The molecule has 0 saturated carbocycles. The molecule has 1 N–H and O–H groups in total. The number of phenols is 1. The predicted octanol–water partition coefficient (Wildman–Crippen LogP) is 4.19. The molecule has 0 spiro atoms. The summed E-state index contributed by atoms with van der Waals surface area (Å²) >= 11 is 1.50. The number of benzene rings is 2. The van der Waals surface area contributed by atoms with Gasteiger partial charge in [-0.2, -0.15) is 0 Å². The van der Waals surface area contributed by atoms with E-state index in [9.17, 15) is 9.90 Å². The number of hydrogen-bond acceptors (Lipinski definition) is 5. The van der Waals surface area contributed by atoms with Gasteiger partial charge in [-0.3, -0.25) is 0 Å². The Morgan fingerprint density at radius 3 is 2.62 bits per heavy atom. The summed E-state index contributed by atoms with van der Waals surface area (Å²) in [6.45, 7) is 0. The second-order valence-electron chi connectivity index (χ2n) is 4.40. The van der Waals surface area contributed by atoms with Crippen LogP contribution in [0.3, 0.4) is 0 Å². The van der Waals surface area contributed by atoms with Crippen LogP contribution in [0.4, 0.5) is 0 Å². The van der Waals surface area contributed by atoms with Crippen molar-refractivity contribution in [3.63, 3.8) is 0 Å². The SMILES string of the molecule is COC(=O)c1ccc2c(Oc3ccc(O)cc3)csc2c1. The van der Waals surface area contributed by atoms with Crippen molar-refractivity contribution in [2.75, 3.05) is 7.11 Å². The number of hydrogen-bond donors (Lipinski definition) is 1. The number of thiophene rings is 1. The van der Waals surface area contributed by atoms with Crippen molar-refractivity contribution in [3.8, 4) is 17.2 Å². The van der Waals surface area contributed by atoms with Crippen LogP contribution in [0.25, 0.3) is 10.1 Å². The van der Waals surface area contributed by atoms with Crippen molar-refractivity contribution in [3.05, 3.63) is 53.4 Å². The van der Waals surface area contributed by atoms with Gasteiger partial charge in [0.05, 0.1) is 12.7 Å². The van der Waals surface area contributed by atoms with E-state index in [2.05, 4.69) is 0 Å². The monoisotopic (exact) mass is 300 g/mol. The lowest BCUT2D eigenvalue weighted by molar-refractivity contribution is 0.0601. The topological polar surface area (TPSA) is 55.8 Å². The normalized spacial score (nSPS) is 10.5. The van der Waals surface area contributed by atoms with Crippen molar-refractivity contribution in [2.45, 2.75) is 0 Å². The number of phenolic OH excluding ortho intramolecular Hbond substituents is 1. The Morgan fingerprint density at radius 1 is 1.14 bits per heavy atom. The number of ether oxygens (including phenoxy) is 2. The Balaban J connectivity index is 1.93. The molecule has 0 fully saturated rings. The highest BCUT2D eigenvalue weighted by Gasteiger charge is 2.11. The van der Waals surface area contributed by atoms with Crippen molar-refractivity contribution >= 4 is 27.4 Å². The number of rotatable bonds is 3. The molecular formula is C16H12O4S. The van der Waals surface area contributed by atoms with Crippen molar-refractivity contribution < 1.29 is 19.4 Å². The molecule has 1 aromatic heterocycles. The third-order valence-corrected chi connectivity index (χ3v) is 3.95. The van der Waals surface area contributed by atoms with Gasteiger partial charge in [0.25, 0.3) is 0 Å².